The van der Waals surface area contributed by atoms with Crippen LogP contribution in [-0.2, 0) is 19.1 Å². The highest BCUT2D eigenvalue weighted by Gasteiger charge is 2.58. The lowest BCUT2D eigenvalue weighted by Gasteiger charge is -2.57. The monoisotopic (exact) mass is 265 g/mol. The average molecular weight is 265 g/mol. The van der Waals surface area contributed by atoms with Crippen LogP contribution >= 0.6 is 0 Å². The van der Waals surface area contributed by atoms with Gasteiger partial charge in [0, 0.05) is 19.6 Å². The molecular formula is C14H19NO4. The highest BCUT2D eigenvalue weighted by atomic mass is 16.5. The largest absolute Gasteiger partial charge is 0.469 e. The van der Waals surface area contributed by atoms with Gasteiger partial charge in [-0.05, 0) is 18.8 Å². The topological polar surface area (TPSA) is 55.8 Å². The maximum Gasteiger partial charge on any atom is 0.309 e. The van der Waals surface area contributed by atoms with Crippen molar-refractivity contribution in [3.05, 3.63) is 12.2 Å². The number of methoxy groups -OCH3 is 2. The van der Waals surface area contributed by atoms with E-state index in [2.05, 4.69) is 12.2 Å². The van der Waals surface area contributed by atoms with Crippen LogP contribution in [0.1, 0.15) is 12.8 Å². The zero-order valence-electron chi connectivity index (χ0n) is 11.2. The number of hydrogen-bond acceptors (Lipinski definition) is 4. The number of piperidine rings is 1. The molecule has 2 aliphatic heterocycles. The lowest BCUT2D eigenvalue weighted by Crippen LogP contribution is -2.72. The van der Waals surface area contributed by atoms with Gasteiger partial charge in [-0.15, -0.1) is 0 Å². The molecule has 3 aliphatic rings. The first-order valence-electron chi connectivity index (χ1n) is 6.76. The van der Waals surface area contributed by atoms with Gasteiger partial charge in [-0.3, -0.25) is 9.59 Å². The van der Waals surface area contributed by atoms with E-state index in [1.807, 2.05) is 4.90 Å². The first-order chi connectivity index (χ1) is 9.19. The van der Waals surface area contributed by atoms with E-state index in [-0.39, 0.29) is 35.9 Å². The molecule has 0 radical (unpaired) electrons. The minimum atomic E-state index is -0.383. The van der Waals surface area contributed by atoms with E-state index in [4.69, 9.17) is 9.47 Å². The highest BCUT2D eigenvalue weighted by molar-refractivity contribution is 5.89. The molecule has 0 aromatic rings. The van der Waals surface area contributed by atoms with Gasteiger partial charge in [0.15, 0.2) is 6.10 Å². The first kappa shape index (κ1) is 12.7. The summed E-state index contributed by atoms with van der Waals surface area (Å²) in [5.41, 5.74) is 0. The van der Waals surface area contributed by atoms with Gasteiger partial charge in [0.2, 0.25) is 0 Å². The molecule has 0 saturated carbocycles. The molecule has 104 valence electrons. The molecule has 3 rings (SSSR count). The molecule has 0 unspecified atom stereocenters. The van der Waals surface area contributed by atoms with Crippen LogP contribution in [0.15, 0.2) is 12.2 Å². The summed E-state index contributed by atoms with van der Waals surface area (Å²) in [6.45, 7) is 0.767. The van der Waals surface area contributed by atoms with Crippen molar-refractivity contribution >= 4 is 11.9 Å². The molecule has 1 amide bonds. The van der Waals surface area contributed by atoms with Crippen molar-refractivity contribution in [2.75, 3.05) is 20.8 Å². The predicted molar refractivity (Wildman–Crippen MR) is 67.2 cm³/mol. The van der Waals surface area contributed by atoms with E-state index < -0.39 is 0 Å². The maximum atomic E-state index is 12.0. The van der Waals surface area contributed by atoms with E-state index in [9.17, 15) is 9.59 Å². The zero-order valence-corrected chi connectivity index (χ0v) is 11.2. The number of amides is 1. The second-order valence-corrected chi connectivity index (χ2v) is 5.50. The molecule has 1 aliphatic carbocycles. The Kier molecular flexibility index (Phi) is 3.09. The molecule has 2 heterocycles. The van der Waals surface area contributed by atoms with Crippen LogP contribution in [0.3, 0.4) is 0 Å². The van der Waals surface area contributed by atoms with Gasteiger partial charge in [-0.2, -0.15) is 0 Å². The Morgan fingerprint density at radius 3 is 2.89 bits per heavy atom. The van der Waals surface area contributed by atoms with Crippen molar-refractivity contribution < 1.29 is 19.1 Å². The van der Waals surface area contributed by atoms with Crippen LogP contribution in [-0.4, -0.2) is 49.7 Å². The molecule has 19 heavy (non-hydrogen) atoms. The number of allylic oxidation sites excluding steroid dienone is 2. The smallest absolute Gasteiger partial charge is 0.309 e. The van der Waals surface area contributed by atoms with E-state index >= 15 is 0 Å². The van der Waals surface area contributed by atoms with Gasteiger partial charge in [0.25, 0.3) is 5.91 Å². The molecule has 5 heteroatoms. The SMILES string of the molecule is COC(=O)[C@@H]1CC=C[C@H]2CCN3C(=O)[C@H](OC)[C@@H]3[C@H]21. The number of esters is 1. The number of nitrogens with zero attached hydrogens (tertiary/aromatic N) is 1. The van der Waals surface area contributed by atoms with Gasteiger partial charge < -0.3 is 14.4 Å². The Labute approximate surface area is 112 Å². The summed E-state index contributed by atoms with van der Waals surface area (Å²) in [4.78, 5) is 25.8. The number of rotatable bonds is 2. The fourth-order valence-electron chi connectivity index (χ4n) is 3.90. The number of carbonyl (C=O) groups is 2. The fraction of sp³-hybridized carbons (Fsp3) is 0.714. The van der Waals surface area contributed by atoms with Crippen LogP contribution in [0.4, 0.5) is 0 Å². The van der Waals surface area contributed by atoms with Crippen molar-refractivity contribution in [2.45, 2.75) is 25.0 Å². The summed E-state index contributed by atoms with van der Waals surface area (Å²) in [5.74, 6) is 0.219. The van der Waals surface area contributed by atoms with Gasteiger partial charge in [0.1, 0.15) is 0 Å². The number of carbonyl (C=O) groups excluding carboxylic acids is 2. The molecule has 0 aromatic heterocycles. The van der Waals surface area contributed by atoms with Crippen molar-refractivity contribution in [3.63, 3.8) is 0 Å². The van der Waals surface area contributed by atoms with Gasteiger partial charge >= 0.3 is 5.97 Å². The molecule has 0 spiro atoms. The fourth-order valence-corrected chi connectivity index (χ4v) is 3.90. The van der Waals surface area contributed by atoms with E-state index in [1.54, 1.807) is 7.11 Å². The summed E-state index contributed by atoms with van der Waals surface area (Å²) in [7, 11) is 2.99. The van der Waals surface area contributed by atoms with Crippen molar-refractivity contribution in [2.24, 2.45) is 17.8 Å². The summed E-state index contributed by atoms with van der Waals surface area (Å²) >= 11 is 0. The second-order valence-electron chi connectivity index (χ2n) is 5.50. The standard InChI is InChI=1S/C14H19NO4/c1-18-12-11-10-8(6-7-15(11)13(12)16)4-3-5-9(10)14(17)19-2/h3-4,8-12H,5-7H2,1-2H3/t8-,9+,10+,11-,12+/m0/s1. The van der Waals surface area contributed by atoms with Crippen molar-refractivity contribution in [3.8, 4) is 0 Å². The lowest BCUT2D eigenvalue weighted by molar-refractivity contribution is -0.190. The third-order valence-electron chi connectivity index (χ3n) is 4.78. The Bertz CT molecular complexity index is 425. The van der Waals surface area contributed by atoms with Crippen molar-refractivity contribution in [1.29, 1.82) is 0 Å². The molecular weight excluding hydrogens is 246 g/mol. The zero-order chi connectivity index (χ0) is 13.6. The first-order valence-corrected chi connectivity index (χ1v) is 6.76. The molecule has 5 nitrogen and oxygen atoms in total. The molecule has 0 aromatic carbocycles. The number of ether oxygens (including phenoxy) is 2. The van der Waals surface area contributed by atoms with Crippen LogP contribution in [0.5, 0.6) is 0 Å². The Morgan fingerprint density at radius 1 is 1.42 bits per heavy atom. The molecule has 5 atom stereocenters. The summed E-state index contributed by atoms with van der Waals surface area (Å²) < 4.78 is 10.2. The minimum Gasteiger partial charge on any atom is -0.469 e. The maximum absolute atomic E-state index is 12.0. The third-order valence-corrected chi connectivity index (χ3v) is 4.78. The average Bonchev–Trinajstić information content (AvgIpc) is 2.45. The van der Waals surface area contributed by atoms with E-state index in [0.29, 0.717) is 12.3 Å². The molecule has 0 N–H and O–H groups in total. The van der Waals surface area contributed by atoms with Crippen LogP contribution in [0.2, 0.25) is 0 Å². The van der Waals surface area contributed by atoms with Crippen LogP contribution < -0.4 is 0 Å². The molecule has 0 bridgehead atoms. The second kappa shape index (κ2) is 4.63. The normalized spacial score (nSPS) is 40.2. The molecule has 2 fully saturated rings. The number of β-lactam (4-membered cyclic amide) rings is 1. The number of fused-ring (bicyclic) bond motifs is 3. The van der Waals surface area contributed by atoms with Gasteiger partial charge in [0.05, 0.1) is 19.1 Å². The summed E-state index contributed by atoms with van der Waals surface area (Å²) in [6.07, 6.45) is 5.50. The highest BCUT2D eigenvalue weighted by Crippen LogP contribution is 2.46. The van der Waals surface area contributed by atoms with E-state index in [0.717, 1.165) is 13.0 Å². The van der Waals surface area contributed by atoms with Gasteiger partial charge in [-0.1, -0.05) is 12.2 Å². The summed E-state index contributed by atoms with van der Waals surface area (Å²) in [6, 6.07) is 0.0327. The van der Waals surface area contributed by atoms with Crippen molar-refractivity contribution in [1.82, 2.24) is 4.90 Å². The third kappa shape index (κ3) is 1.71. The van der Waals surface area contributed by atoms with Crippen LogP contribution in [0.25, 0.3) is 0 Å². The predicted octanol–water partition coefficient (Wildman–Crippen LogP) is 0.597. The Balaban J connectivity index is 1.89. The molecule has 2 saturated heterocycles. The Morgan fingerprint density at radius 2 is 2.21 bits per heavy atom. The summed E-state index contributed by atoms with van der Waals surface area (Å²) in [5, 5.41) is 0. The minimum absolute atomic E-state index is 0.0327. The number of hydrogen-bond donors (Lipinski definition) is 0. The quantitative estimate of drug-likeness (QED) is 0.417. The lowest BCUT2D eigenvalue weighted by atomic mass is 9.64. The Hall–Kier alpha value is -1.36. The van der Waals surface area contributed by atoms with Crippen LogP contribution in [0, 0.1) is 17.8 Å². The van der Waals surface area contributed by atoms with Gasteiger partial charge in [-0.25, -0.2) is 0 Å². The van der Waals surface area contributed by atoms with E-state index in [1.165, 1.54) is 7.11 Å².